The zero-order valence-corrected chi connectivity index (χ0v) is 38.5. The number of carboxylic acids is 3. The number of anilines is 1. The van der Waals surface area contributed by atoms with E-state index in [2.05, 4.69) is 35.6 Å². The van der Waals surface area contributed by atoms with Crippen molar-refractivity contribution in [1.29, 1.82) is 0 Å². The van der Waals surface area contributed by atoms with Gasteiger partial charge in [0.05, 0.1) is 23.3 Å². The van der Waals surface area contributed by atoms with E-state index < -0.39 is 43.8 Å². The van der Waals surface area contributed by atoms with Crippen LogP contribution in [0.5, 0.6) is 5.75 Å². The van der Waals surface area contributed by atoms with Gasteiger partial charge in [0.15, 0.2) is 5.78 Å². The van der Waals surface area contributed by atoms with Gasteiger partial charge in [-0.2, -0.15) is 8.42 Å². The van der Waals surface area contributed by atoms with Crippen LogP contribution in [0.3, 0.4) is 0 Å². The first-order chi connectivity index (χ1) is 33.4. The van der Waals surface area contributed by atoms with Gasteiger partial charge in [-0.1, -0.05) is 121 Å². The van der Waals surface area contributed by atoms with Gasteiger partial charge in [0.1, 0.15) is 10.6 Å². The molecule has 16 nitrogen and oxygen atoms in total. The van der Waals surface area contributed by atoms with E-state index in [4.69, 9.17) is 19.5 Å². The number of carboxylic acid groups (broad SMARTS) is 3. The fraction of sp³-hybridized carbons (Fsp3) is 0.113. The van der Waals surface area contributed by atoms with Crippen LogP contribution < -0.4 is 10.1 Å². The number of benzene rings is 7. The van der Waals surface area contributed by atoms with E-state index in [1.54, 1.807) is 97.1 Å². The minimum atomic E-state index is -4.39. The molecule has 0 heterocycles. The molecule has 70 heavy (non-hydrogen) atoms. The molecule has 0 radical (unpaired) electrons. The molecule has 5 N–H and O–H groups in total. The molecule has 0 spiro atoms. The van der Waals surface area contributed by atoms with Crippen LogP contribution in [0.15, 0.2) is 169 Å². The number of amides is 1. The molecular formula is C53H46N2O14S. The van der Waals surface area contributed by atoms with Crippen LogP contribution in [0.25, 0.3) is 21.9 Å². The third-order valence-electron chi connectivity index (χ3n) is 10.6. The Morgan fingerprint density at radius 1 is 0.714 bits per heavy atom. The summed E-state index contributed by atoms with van der Waals surface area (Å²) in [7, 11) is -2.91. The highest BCUT2D eigenvalue weighted by Gasteiger charge is 2.20. The fourth-order valence-corrected chi connectivity index (χ4v) is 8.13. The molecule has 0 saturated heterocycles. The molecular weight excluding hydrogens is 921 g/mol. The topological polar surface area (TPSA) is 265 Å². The SMILES string of the molecule is COc1ccccc1NC(=O)C=CC(=O)O.Cc1ccc([N+](=O)[O-])cc1S(=O)(=O)O.O=C(O)CCc1ccc2c3c(cccc13)CC2.O=C(O)c1ccccc1-c1ccccc1C(=O)c1ccccc1. The van der Waals surface area contributed by atoms with Crippen LogP contribution in [-0.4, -0.2) is 69.9 Å². The predicted molar refractivity (Wildman–Crippen MR) is 262 cm³/mol. The van der Waals surface area contributed by atoms with Crippen molar-refractivity contribution in [1.82, 2.24) is 0 Å². The van der Waals surface area contributed by atoms with E-state index in [-0.39, 0.29) is 29.0 Å². The average Bonchev–Trinajstić information content (AvgIpc) is 3.78. The summed E-state index contributed by atoms with van der Waals surface area (Å²) in [5.74, 6) is -3.04. The summed E-state index contributed by atoms with van der Waals surface area (Å²) in [6, 6.07) is 43.5. The van der Waals surface area contributed by atoms with E-state index in [9.17, 15) is 47.6 Å². The van der Waals surface area contributed by atoms with Gasteiger partial charge in [0, 0.05) is 41.8 Å². The number of nitro groups is 1. The van der Waals surface area contributed by atoms with Gasteiger partial charge in [0.2, 0.25) is 5.91 Å². The van der Waals surface area contributed by atoms with E-state index in [0.717, 1.165) is 36.6 Å². The lowest BCUT2D eigenvalue weighted by Crippen LogP contribution is -2.09. The molecule has 0 aromatic heterocycles. The van der Waals surface area contributed by atoms with Crippen LogP contribution >= 0.6 is 0 Å². The van der Waals surface area contributed by atoms with Crippen molar-refractivity contribution < 1.29 is 61.9 Å². The van der Waals surface area contributed by atoms with Crippen molar-refractivity contribution in [3.05, 3.63) is 213 Å². The number of nitro benzene ring substituents is 1. The molecule has 7 aromatic rings. The summed E-state index contributed by atoms with van der Waals surface area (Å²) in [5, 5.41) is 41.9. The number of aryl methyl sites for hydroxylation is 4. The maximum absolute atomic E-state index is 12.8. The number of ether oxygens (including phenoxy) is 1. The molecule has 0 atom stereocenters. The Hall–Kier alpha value is -8.80. The van der Waals surface area contributed by atoms with Crippen LogP contribution in [0, 0.1) is 17.0 Å². The zero-order chi connectivity index (χ0) is 51.0. The number of methoxy groups -OCH3 is 1. The first kappa shape index (κ1) is 52.2. The number of nitrogens with one attached hydrogen (secondary N) is 1. The van der Waals surface area contributed by atoms with E-state index in [0.29, 0.717) is 40.1 Å². The maximum atomic E-state index is 12.8. The van der Waals surface area contributed by atoms with Crippen molar-refractivity contribution in [3.8, 4) is 16.9 Å². The van der Waals surface area contributed by atoms with Crippen molar-refractivity contribution >= 4 is 61.9 Å². The Kier molecular flexibility index (Phi) is 18.1. The number of carbonyl (C=O) groups excluding carboxylic acids is 2. The Morgan fingerprint density at radius 2 is 1.31 bits per heavy atom. The van der Waals surface area contributed by atoms with Gasteiger partial charge in [-0.25, -0.2) is 9.59 Å². The van der Waals surface area contributed by atoms with Crippen LogP contribution in [0.1, 0.15) is 55.0 Å². The summed E-state index contributed by atoms with van der Waals surface area (Å²) in [4.78, 5) is 65.5. The molecule has 7 aromatic carbocycles. The second kappa shape index (κ2) is 24.3. The summed E-state index contributed by atoms with van der Waals surface area (Å²) < 4.78 is 35.3. The summed E-state index contributed by atoms with van der Waals surface area (Å²) >= 11 is 0. The van der Waals surface area contributed by atoms with E-state index in [1.165, 1.54) is 48.1 Å². The number of rotatable bonds is 13. The van der Waals surface area contributed by atoms with Crippen molar-refractivity contribution in [2.45, 2.75) is 37.5 Å². The molecule has 0 saturated carbocycles. The fourth-order valence-electron chi connectivity index (χ4n) is 7.38. The first-order valence-electron chi connectivity index (χ1n) is 21.2. The van der Waals surface area contributed by atoms with E-state index in [1.807, 2.05) is 6.07 Å². The predicted octanol–water partition coefficient (Wildman–Crippen LogP) is 9.66. The minimum absolute atomic E-state index is 0.124. The highest BCUT2D eigenvalue weighted by Crippen LogP contribution is 2.33. The molecule has 1 aliphatic rings. The molecule has 358 valence electrons. The number of para-hydroxylation sites is 2. The monoisotopic (exact) mass is 966 g/mol. The number of non-ortho nitro benzene ring substituents is 1. The van der Waals surface area contributed by atoms with Crippen molar-refractivity contribution in [2.24, 2.45) is 0 Å². The van der Waals surface area contributed by atoms with Gasteiger partial charge >= 0.3 is 17.9 Å². The maximum Gasteiger partial charge on any atom is 0.336 e. The van der Waals surface area contributed by atoms with Gasteiger partial charge in [0.25, 0.3) is 15.8 Å². The Balaban J connectivity index is 0.000000177. The summed E-state index contributed by atoms with van der Waals surface area (Å²) in [5.41, 5.74) is 6.78. The van der Waals surface area contributed by atoms with Gasteiger partial charge in [-0.15, -0.1) is 0 Å². The Morgan fingerprint density at radius 3 is 1.93 bits per heavy atom. The number of aromatic carboxylic acids is 1. The summed E-state index contributed by atoms with van der Waals surface area (Å²) in [6.07, 6.45) is 4.78. The van der Waals surface area contributed by atoms with Gasteiger partial charge in [-0.3, -0.25) is 29.1 Å². The molecule has 0 unspecified atom stereocenters. The number of hydrogen-bond donors (Lipinski definition) is 5. The molecule has 0 bridgehead atoms. The Bertz CT molecular complexity index is 3210. The highest BCUT2D eigenvalue weighted by atomic mass is 32.2. The number of hydrogen-bond acceptors (Lipinski definition) is 10. The quantitative estimate of drug-likeness (QED) is 0.0237. The largest absolute Gasteiger partial charge is 0.495 e. The minimum Gasteiger partial charge on any atom is -0.495 e. The highest BCUT2D eigenvalue weighted by molar-refractivity contribution is 7.85. The zero-order valence-electron chi connectivity index (χ0n) is 37.6. The number of nitrogens with zero attached hydrogens (tertiary/aromatic N) is 1. The van der Waals surface area contributed by atoms with Crippen molar-refractivity contribution in [2.75, 3.05) is 12.4 Å². The number of aliphatic carboxylic acids is 2. The van der Waals surface area contributed by atoms with Gasteiger partial charge in [-0.05, 0) is 88.5 Å². The second-order valence-electron chi connectivity index (χ2n) is 15.3. The smallest absolute Gasteiger partial charge is 0.336 e. The molecule has 0 aliphatic heterocycles. The standard InChI is InChI=1S/C20H14O3.C15H14O2.C11H11NO4.C7H7NO5S/c21-19(14-8-2-1-3-9-14)17-12-6-4-10-15(17)16-11-5-7-13-18(16)20(22)23;16-14(17)9-8-10-4-5-12-7-6-11-2-1-3-13(10)15(11)12;1-16-9-5-3-2-4-8(9)12-10(13)6-7-11(14)15;1-5-2-3-6(8(9)10)4-7(5)14(11,12)13/h1-13H,(H,22,23);1-5H,6-9H2,(H,16,17);2-7H,1H3,(H,12,13)(H,14,15);2-4H,1H3,(H,11,12,13). The summed E-state index contributed by atoms with van der Waals surface area (Å²) in [6.45, 7) is 1.44. The number of carbonyl (C=O) groups is 5. The van der Waals surface area contributed by atoms with Crippen LogP contribution in [0.4, 0.5) is 11.4 Å². The third-order valence-corrected chi connectivity index (χ3v) is 11.6. The van der Waals surface area contributed by atoms with E-state index >= 15 is 0 Å². The lowest BCUT2D eigenvalue weighted by atomic mass is 9.91. The average molecular weight is 967 g/mol. The van der Waals surface area contributed by atoms with Gasteiger partial charge < -0.3 is 25.4 Å². The lowest BCUT2D eigenvalue weighted by molar-refractivity contribution is -0.385. The van der Waals surface area contributed by atoms with Crippen LogP contribution in [0.2, 0.25) is 0 Å². The normalized spacial score (nSPS) is 11.1. The lowest BCUT2D eigenvalue weighted by Gasteiger charge is -2.11. The Labute approximate surface area is 402 Å². The van der Waals surface area contributed by atoms with Crippen LogP contribution in [-0.2, 0) is 43.8 Å². The second-order valence-corrected chi connectivity index (χ2v) is 16.6. The first-order valence-corrected chi connectivity index (χ1v) is 22.7. The third kappa shape index (κ3) is 14.1. The molecule has 1 amide bonds. The van der Waals surface area contributed by atoms with Crippen molar-refractivity contribution in [3.63, 3.8) is 0 Å². The molecule has 1 aliphatic carbocycles. The molecule has 17 heteroatoms. The number of ketones is 1. The molecule has 8 rings (SSSR count). The molecule has 0 fully saturated rings.